The van der Waals surface area contributed by atoms with Crippen LogP contribution in [0.1, 0.15) is 21.5 Å². The number of rotatable bonds is 4. The van der Waals surface area contributed by atoms with E-state index in [0.717, 1.165) is 17.0 Å². The van der Waals surface area contributed by atoms with Crippen LogP contribution in [0.3, 0.4) is 0 Å². The Labute approximate surface area is 121 Å². The number of hydrogen-bond donors (Lipinski definition) is 1. The van der Waals surface area contributed by atoms with Gasteiger partial charge < -0.3 is 5.32 Å². The molecule has 0 radical (unpaired) electrons. The summed E-state index contributed by atoms with van der Waals surface area (Å²) in [5.74, 6) is 0. The maximum Gasteiger partial charge on any atom is 0.0897 e. The van der Waals surface area contributed by atoms with Gasteiger partial charge in [-0.05, 0) is 38.1 Å². The maximum atomic E-state index is 6.20. The summed E-state index contributed by atoms with van der Waals surface area (Å²) in [6.07, 6.45) is 2.67. The van der Waals surface area contributed by atoms with Crippen molar-refractivity contribution in [3.05, 3.63) is 49.9 Å². The van der Waals surface area contributed by atoms with E-state index >= 15 is 0 Å². The van der Waals surface area contributed by atoms with E-state index in [1.807, 2.05) is 38.4 Å². The molecule has 2 nitrogen and oxygen atoms in total. The molecule has 5 heteroatoms. The minimum atomic E-state index is 0.189. The lowest BCUT2D eigenvalue weighted by atomic mass is 10.1. The zero-order valence-electron chi connectivity index (χ0n) is 10.2. The second-order valence-corrected chi connectivity index (χ2v) is 6.11. The van der Waals surface area contributed by atoms with Crippen molar-refractivity contribution in [3.63, 3.8) is 0 Å². The van der Waals surface area contributed by atoms with E-state index in [9.17, 15) is 0 Å². The van der Waals surface area contributed by atoms with Crippen LogP contribution >= 0.6 is 34.5 Å². The molecule has 18 heavy (non-hydrogen) atoms. The van der Waals surface area contributed by atoms with Gasteiger partial charge in [0.25, 0.3) is 0 Å². The average Bonchev–Trinajstić information content (AvgIpc) is 2.76. The standard InChI is InChI=1S/C13H14Cl2N2S/c1-8-17-7-13(18-8)12(16-2)6-9-10(14)4-3-5-11(9)15/h3-5,7,12,16H,6H2,1-2H3. The normalized spacial score (nSPS) is 12.7. The highest BCUT2D eigenvalue weighted by atomic mass is 35.5. The van der Waals surface area contributed by atoms with Crippen molar-refractivity contribution >= 4 is 34.5 Å². The summed E-state index contributed by atoms with van der Waals surface area (Å²) < 4.78 is 0. The van der Waals surface area contributed by atoms with Crippen molar-refractivity contribution in [2.45, 2.75) is 19.4 Å². The van der Waals surface area contributed by atoms with Gasteiger partial charge in [-0.3, -0.25) is 0 Å². The molecule has 0 saturated heterocycles. The Kier molecular flexibility index (Phi) is 4.62. The minimum Gasteiger partial charge on any atom is -0.312 e. The molecule has 2 rings (SSSR count). The average molecular weight is 301 g/mol. The predicted molar refractivity (Wildman–Crippen MR) is 78.8 cm³/mol. The zero-order chi connectivity index (χ0) is 13.1. The third-order valence-electron chi connectivity index (χ3n) is 2.80. The van der Waals surface area contributed by atoms with Crippen LogP contribution in [0.25, 0.3) is 0 Å². The molecule has 0 fully saturated rings. The Morgan fingerprint density at radius 3 is 2.50 bits per heavy atom. The highest BCUT2D eigenvalue weighted by Gasteiger charge is 2.16. The van der Waals surface area contributed by atoms with E-state index < -0.39 is 0 Å². The molecule has 1 heterocycles. The molecule has 1 aromatic heterocycles. The highest BCUT2D eigenvalue weighted by Crippen LogP contribution is 2.30. The largest absolute Gasteiger partial charge is 0.312 e. The SMILES string of the molecule is CNC(Cc1c(Cl)cccc1Cl)c1cnc(C)s1. The van der Waals surface area contributed by atoms with Crippen LogP contribution in [0.5, 0.6) is 0 Å². The number of nitrogens with zero attached hydrogens (tertiary/aromatic N) is 1. The summed E-state index contributed by atoms with van der Waals surface area (Å²) in [5, 5.41) is 5.78. The third kappa shape index (κ3) is 3.04. The Balaban J connectivity index is 2.26. The number of likely N-dealkylation sites (N-methyl/N-ethyl adjacent to an activating group) is 1. The van der Waals surface area contributed by atoms with E-state index in [2.05, 4.69) is 10.3 Å². The first-order valence-corrected chi connectivity index (χ1v) is 7.21. The molecule has 96 valence electrons. The second-order valence-electron chi connectivity index (χ2n) is 4.03. The Bertz CT molecular complexity index is 519. The molecular weight excluding hydrogens is 287 g/mol. The summed E-state index contributed by atoms with van der Waals surface area (Å²) in [6.45, 7) is 2.00. The van der Waals surface area contributed by atoms with Crippen molar-refractivity contribution in [1.82, 2.24) is 10.3 Å². The Hall–Kier alpha value is -0.610. The monoisotopic (exact) mass is 300 g/mol. The molecule has 1 aromatic carbocycles. The van der Waals surface area contributed by atoms with E-state index in [1.165, 1.54) is 4.88 Å². The topological polar surface area (TPSA) is 24.9 Å². The van der Waals surface area contributed by atoms with Crippen molar-refractivity contribution < 1.29 is 0 Å². The number of hydrogen-bond acceptors (Lipinski definition) is 3. The number of benzene rings is 1. The molecule has 0 aliphatic heterocycles. The van der Waals surface area contributed by atoms with Gasteiger partial charge in [-0.25, -0.2) is 4.98 Å². The fourth-order valence-corrected chi connectivity index (χ4v) is 3.26. The summed E-state index contributed by atoms with van der Waals surface area (Å²) in [4.78, 5) is 5.48. The van der Waals surface area contributed by atoms with Crippen LogP contribution in [-0.2, 0) is 6.42 Å². The second kappa shape index (κ2) is 6.02. The maximum absolute atomic E-state index is 6.20. The number of aryl methyl sites for hydroxylation is 1. The molecule has 2 aromatic rings. The first kappa shape index (κ1) is 13.8. The van der Waals surface area contributed by atoms with Crippen LogP contribution in [0, 0.1) is 6.92 Å². The van der Waals surface area contributed by atoms with Gasteiger partial charge in [0.15, 0.2) is 0 Å². The van der Waals surface area contributed by atoms with E-state index in [0.29, 0.717) is 10.0 Å². The Morgan fingerprint density at radius 2 is 2.00 bits per heavy atom. The minimum absolute atomic E-state index is 0.189. The Morgan fingerprint density at radius 1 is 1.33 bits per heavy atom. The lowest BCUT2D eigenvalue weighted by Gasteiger charge is -2.16. The first-order valence-electron chi connectivity index (χ1n) is 5.64. The molecule has 0 aliphatic carbocycles. The van der Waals surface area contributed by atoms with Gasteiger partial charge in [0.1, 0.15) is 0 Å². The highest BCUT2D eigenvalue weighted by molar-refractivity contribution is 7.11. The molecule has 0 aliphatic rings. The smallest absolute Gasteiger partial charge is 0.0897 e. The molecule has 1 atom stereocenters. The van der Waals surface area contributed by atoms with E-state index in [-0.39, 0.29) is 6.04 Å². The van der Waals surface area contributed by atoms with Crippen molar-refractivity contribution in [3.8, 4) is 0 Å². The van der Waals surface area contributed by atoms with Crippen LogP contribution in [-0.4, -0.2) is 12.0 Å². The van der Waals surface area contributed by atoms with Crippen molar-refractivity contribution in [2.75, 3.05) is 7.05 Å². The van der Waals surface area contributed by atoms with Crippen LogP contribution in [0.4, 0.5) is 0 Å². The molecule has 0 amide bonds. The van der Waals surface area contributed by atoms with E-state index in [4.69, 9.17) is 23.2 Å². The third-order valence-corrected chi connectivity index (χ3v) is 4.54. The van der Waals surface area contributed by atoms with Crippen LogP contribution in [0.2, 0.25) is 10.0 Å². The zero-order valence-corrected chi connectivity index (χ0v) is 12.5. The summed E-state index contributed by atoms with van der Waals surface area (Å²) >= 11 is 14.1. The van der Waals surface area contributed by atoms with Gasteiger partial charge in [-0.2, -0.15) is 0 Å². The van der Waals surface area contributed by atoms with Crippen LogP contribution < -0.4 is 5.32 Å². The van der Waals surface area contributed by atoms with Gasteiger partial charge in [0, 0.05) is 27.2 Å². The molecule has 1 unspecified atom stereocenters. The quantitative estimate of drug-likeness (QED) is 0.912. The number of halogens is 2. The summed E-state index contributed by atoms with van der Waals surface area (Å²) in [7, 11) is 1.93. The molecule has 0 saturated carbocycles. The lowest BCUT2D eigenvalue weighted by molar-refractivity contribution is 0.601. The predicted octanol–water partition coefficient (Wildman–Crippen LogP) is 4.26. The van der Waals surface area contributed by atoms with Gasteiger partial charge in [0.2, 0.25) is 0 Å². The van der Waals surface area contributed by atoms with Gasteiger partial charge in [0.05, 0.1) is 5.01 Å². The van der Waals surface area contributed by atoms with Crippen molar-refractivity contribution in [1.29, 1.82) is 0 Å². The van der Waals surface area contributed by atoms with Crippen molar-refractivity contribution in [2.24, 2.45) is 0 Å². The fraction of sp³-hybridized carbons (Fsp3) is 0.308. The molecule has 1 N–H and O–H groups in total. The van der Waals surface area contributed by atoms with Gasteiger partial charge in [-0.1, -0.05) is 29.3 Å². The lowest BCUT2D eigenvalue weighted by Crippen LogP contribution is -2.18. The fourth-order valence-electron chi connectivity index (χ4n) is 1.82. The van der Waals surface area contributed by atoms with E-state index in [1.54, 1.807) is 11.3 Å². The number of thiazole rings is 1. The number of aromatic nitrogens is 1. The van der Waals surface area contributed by atoms with Gasteiger partial charge >= 0.3 is 0 Å². The van der Waals surface area contributed by atoms with Crippen LogP contribution in [0.15, 0.2) is 24.4 Å². The molecule has 0 spiro atoms. The first-order chi connectivity index (χ1) is 8.61. The molecule has 0 bridgehead atoms. The number of nitrogens with one attached hydrogen (secondary N) is 1. The molecular formula is C13H14Cl2N2S. The van der Waals surface area contributed by atoms with Gasteiger partial charge in [-0.15, -0.1) is 11.3 Å². The summed E-state index contributed by atoms with van der Waals surface area (Å²) in [5.41, 5.74) is 0.978. The summed E-state index contributed by atoms with van der Waals surface area (Å²) in [6, 6.07) is 5.79.